The molecule has 0 spiro atoms. The molecule has 0 aromatic heterocycles. The second kappa shape index (κ2) is 5.00. The summed E-state index contributed by atoms with van der Waals surface area (Å²) in [5.74, 6) is 0.442. The lowest BCUT2D eigenvalue weighted by molar-refractivity contribution is -0.00360. The molecular formula is C11H16O4. The van der Waals surface area contributed by atoms with Gasteiger partial charge in [-0.05, 0) is 24.6 Å². The van der Waals surface area contributed by atoms with Crippen LogP contribution in [0.3, 0.4) is 0 Å². The van der Waals surface area contributed by atoms with Gasteiger partial charge in [0.25, 0.3) is 0 Å². The Morgan fingerprint density at radius 2 is 1.93 bits per heavy atom. The van der Waals surface area contributed by atoms with Crippen molar-refractivity contribution >= 4 is 0 Å². The summed E-state index contributed by atoms with van der Waals surface area (Å²) in [6, 6.07) is 4.86. The highest BCUT2D eigenvalue weighted by Gasteiger charge is 2.17. The summed E-state index contributed by atoms with van der Waals surface area (Å²) in [6.07, 6.45) is -1.04. The molecule has 15 heavy (non-hydrogen) atoms. The van der Waals surface area contributed by atoms with Crippen molar-refractivity contribution in [2.24, 2.45) is 0 Å². The molecule has 1 aromatic rings. The molecule has 0 aliphatic carbocycles. The molecule has 0 heterocycles. The molecule has 2 N–H and O–H groups in total. The zero-order valence-corrected chi connectivity index (χ0v) is 9.10. The standard InChI is InChI=1S/C11H16O4/c1-7(12)11(15-3)8-4-5-9(13)10(6-8)14-2/h4-7,11-13H,1-3H3/t7-,11-/m1/s1. The van der Waals surface area contributed by atoms with Gasteiger partial charge < -0.3 is 19.7 Å². The second-order valence-electron chi connectivity index (χ2n) is 3.33. The Hall–Kier alpha value is -1.26. The van der Waals surface area contributed by atoms with Crippen molar-refractivity contribution in [2.75, 3.05) is 14.2 Å². The summed E-state index contributed by atoms with van der Waals surface area (Å²) in [4.78, 5) is 0. The number of benzene rings is 1. The molecule has 1 rings (SSSR count). The van der Waals surface area contributed by atoms with Crippen molar-refractivity contribution in [3.63, 3.8) is 0 Å². The van der Waals surface area contributed by atoms with Crippen molar-refractivity contribution in [1.29, 1.82) is 0 Å². The number of aromatic hydroxyl groups is 1. The quantitative estimate of drug-likeness (QED) is 0.793. The maximum Gasteiger partial charge on any atom is 0.160 e. The molecule has 0 aliphatic heterocycles. The normalized spacial score (nSPS) is 14.7. The van der Waals surface area contributed by atoms with Crippen LogP contribution in [0.2, 0.25) is 0 Å². The molecule has 0 fully saturated rings. The van der Waals surface area contributed by atoms with E-state index < -0.39 is 12.2 Å². The van der Waals surface area contributed by atoms with Crippen LogP contribution in [0.1, 0.15) is 18.6 Å². The number of methoxy groups -OCH3 is 2. The Balaban J connectivity index is 3.03. The highest BCUT2D eigenvalue weighted by molar-refractivity contribution is 5.42. The van der Waals surface area contributed by atoms with E-state index in [2.05, 4.69) is 0 Å². The molecule has 0 amide bonds. The van der Waals surface area contributed by atoms with Crippen LogP contribution >= 0.6 is 0 Å². The van der Waals surface area contributed by atoms with Crippen LogP contribution in [-0.2, 0) is 4.74 Å². The first kappa shape index (κ1) is 11.8. The fraction of sp³-hybridized carbons (Fsp3) is 0.455. The molecule has 0 saturated carbocycles. The van der Waals surface area contributed by atoms with E-state index >= 15 is 0 Å². The first-order valence-corrected chi connectivity index (χ1v) is 4.68. The number of hydrogen-bond acceptors (Lipinski definition) is 4. The SMILES string of the molecule is COc1cc([C@H](OC)[C@@H](C)O)ccc1O. The van der Waals surface area contributed by atoms with Gasteiger partial charge in [0, 0.05) is 7.11 Å². The number of hydrogen-bond donors (Lipinski definition) is 2. The Kier molecular flexibility index (Phi) is 3.94. The summed E-state index contributed by atoms with van der Waals surface area (Å²) in [5.41, 5.74) is 0.766. The van der Waals surface area contributed by atoms with E-state index in [9.17, 15) is 10.2 Å². The van der Waals surface area contributed by atoms with E-state index in [1.54, 1.807) is 19.1 Å². The van der Waals surface area contributed by atoms with E-state index in [0.717, 1.165) is 5.56 Å². The maximum atomic E-state index is 9.47. The monoisotopic (exact) mass is 212 g/mol. The van der Waals surface area contributed by atoms with E-state index in [1.165, 1.54) is 20.3 Å². The molecule has 4 nitrogen and oxygen atoms in total. The number of ether oxygens (including phenoxy) is 2. The van der Waals surface area contributed by atoms with Crippen molar-refractivity contribution in [3.8, 4) is 11.5 Å². The first-order chi connectivity index (χ1) is 7.10. The zero-order valence-electron chi connectivity index (χ0n) is 9.10. The van der Waals surface area contributed by atoms with Gasteiger partial charge in [0.05, 0.1) is 13.2 Å². The molecule has 0 saturated heterocycles. The summed E-state index contributed by atoms with van der Waals surface area (Å²) in [6.45, 7) is 1.65. The number of rotatable bonds is 4. The molecule has 0 bridgehead atoms. The average Bonchev–Trinajstić information content (AvgIpc) is 2.21. The van der Waals surface area contributed by atoms with E-state index in [0.29, 0.717) is 5.75 Å². The van der Waals surface area contributed by atoms with Crippen LogP contribution in [0, 0.1) is 0 Å². The lowest BCUT2D eigenvalue weighted by Crippen LogP contribution is -2.16. The minimum absolute atomic E-state index is 0.0710. The molecule has 2 atom stereocenters. The predicted molar refractivity (Wildman–Crippen MR) is 56.1 cm³/mol. The summed E-state index contributed by atoms with van der Waals surface area (Å²) in [7, 11) is 3.00. The third kappa shape index (κ3) is 2.61. The van der Waals surface area contributed by atoms with Gasteiger partial charge in [-0.1, -0.05) is 6.07 Å². The van der Waals surface area contributed by atoms with Crippen LogP contribution < -0.4 is 4.74 Å². The lowest BCUT2D eigenvalue weighted by Gasteiger charge is -2.19. The van der Waals surface area contributed by atoms with Crippen LogP contribution in [-0.4, -0.2) is 30.5 Å². The van der Waals surface area contributed by atoms with Crippen LogP contribution in [0.4, 0.5) is 0 Å². The Bertz CT molecular complexity index is 322. The van der Waals surface area contributed by atoms with Gasteiger partial charge in [-0.15, -0.1) is 0 Å². The minimum Gasteiger partial charge on any atom is -0.504 e. The lowest BCUT2D eigenvalue weighted by atomic mass is 10.0. The number of phenolic OH excluding ortho intramolecular Hbond substituents is 1. The minimum atomic E-state index is -0.621. The van der Waals surface area contributed by atoms with Crippen molar-refractivity contribution in [3.05, 3.63) is 23.8 Å². The zero-order chi connectivity index (χ0) is 11.4. The summed E-state index contributed by atoms with van der Waals surface area (Å²) < 4.78 is 10.1. The van der Waals surface area contributed by atoms with Gasteiger partial charge in [-0.2, -0.15) is 0 Å². The largest absolute Gasteiger partial charge is 0.504 e. The third-order valence-corrected chi connectivity index (χ3v) is 2.22. The van der Waals surface area contributed by atoms with Gasteiger partial charge in [-0.25, -0.2) is 0 Å². The third-order valence-electron chi connectivity index (χ3n) is 2.22. The van der Waals surface area contributed by atoms with Gasteiger partial charge in [0.1, 0.15) is 6.10 Å². The summed E-state index contributed by atoms with van der Waals surface area (Å²) >= 11 is 0. The van der Waals surface area contributed by atoms with E-state index in [4.69, 9.17) is 9.47 Å². The second-order valence-corrected chi connectivity index (χ2v) is 3.33. The Morgan fingerprint density at radius 1 is 1.27 bits per heavy atom. The fourth-order valence-electron chi connectivity index (χ4n) is 1.48. The predicted octanol–water partition coefficient (Wildman–Crippen LogP) is 1.47. The summed E-state index contributed by atoms with van der Waals surface area (Å²) in [5, 5.41) is 18.9. The molecule has 4 heteroatoms. The molecule has 0 unspecified atom stereocenters. The molecule has 1 aromatic carbocycles. The highest BCUT2D eigenvalue weighted by atomic mass is 16.5. The topological polar surface area (TPSA) is 58.9 Å². The van der Waals surface area contributed by atoms with Crippen molar-refractivity contribution < 1.29 is 19.7 Å². The van der Waals surface area contributed by atoms with Crippen molar-refractivity contribution in [2.45, 2.75) is 19.1 Å². The van der Waals surface area contributed by atoms with Crippen LogP contribution in [0.15, 0.2) is 18.2 Å². The van der Waals surface area contributed by atoms with Gasteiger partial charge >= 0.3 is 0 Å². The van der Waals surface area contributed by atoms with E-state index in [-0.39, 0.29) is 5.75 Å². The Morgan fingerprint density at radius 3 is 2.40 bits per heavy atom. The van der Waals surface area contributed by atoms with Gasteiger partial charge in [0.2, 0.25) is 0 Å². The van der Waals surface area contributed by atoms with E-state index in [1.807, 2.05) is 0 Å². The Labute approximate surface area is 89.1 Å². The molecule has 0 aliphatic rings. The van der Waals surface area contributed by atoms with Gasteiger partial charge in [0.15, 0.2) is 11.5 Å². The number of phenols is 1. The van der Waals surface area contributed by atoms with Crippen LogP contribution in [0.25, 0.3) is 0 Å². The molecule has 0 radical (unpaired) electrons. The van der Waals surface area contributed by atoms with Crippen LogP contribution in [0.5, 0.6) is 11.5 Å². The first-order valence-electron chi connectivity index (χ1n) is 4.68. The number of aliphatic hydroxyl groups excluding tert-OH is 1. The van der Waals surface area contributed by atoms with Crippen molar-refractivity contribution in [1.82, 2.24) is 0 Å². The number of aliphatic hydroxyl groups is 1. The molecule has 84 valence electrons. The van der Waals surface area contributed by atoms with Gasteiger partial charge in [-0.3, -0.25) is 0 Å². The maximum absolute atomic E-state index is 9.47. The molecular weight excluding hydrogens is 196 g/mol. The average molecular weight is 212 g/mol. The highest BCUT2D eigenvalue weighted by Crippen LogP contribution is 2.31. The fourth-order valence-corrected chi connectivity index (χ4v) is 1.48. The smallest absolute Gasteiger partial charge is 0.160 e.